The molecular weight excluding hydrogens is 320 g/mol. The highest BCUT2D eigenvalue weighted by Gasteiger charge is 2.26. The minimum Gasteiger partial charge on any atom is -0.358 e. The average Bonchev–Trinajstić information content (AvgIpc) is 2.93. The first-order chi connectivity index (χ1) is 11.5. The van der Waals surface area contributed by atoms with Gasteiger partial charge in [0.05, 0.1) is 4.90 Å². The van der Waals surface area contributed by atoms with E-state index in [4.69, 9.17) is 0 Å². The van der Waals surface area contributed by atoms with E-state index in [0.29, 0.717) is 4.90 Å². The molecule has 2 aromatic carbocycles. The standard InChI is InChI=1S/C19H20N2O2S/c1-13-5-4-6-15(11-13)24(22,23)21-14-9-10-19-17(12-14)16-7-2-3-8-18(16)20-19/h2-8,11,14,20-21H,9-10,12H2,1H3. The van der Waals surface area contributed by atoms with E-state index in [1.807, 2.05) is 25.1 Å². The van der Waals surface area contributed by atoms with Crippen molar-refractivity contribution in [2.45, 2.75) is 37.1 Å². The Labute approximate surface area is 142 Å². The van der Waals surface area contributed by atoms with Crippen LogP contribution in [0.1, 0.15) is 23.2 Å². The highest BCUT2D eigenvalue weighted by atomic mass is 32.2. The number of hydrogen-bond donors (Lipinski definition) is 2. The lowest BCUT2D eigenvalue weighted by molar-refractivity contribution is 0.506. The lowest BCUT2D eigenvalue weighted by Crippen LogP contribution is -2.38. The van der Waals surface area contributed by atoms with Gasteiger partial charge in [0.2, 0.25) is 10.0 Å². The Morgan fingerprint density at radius 3 is 2.79 bits per heavy atom. The van der Waals surface area contributed by atoms with Gasteiger partial charge in [-0.2, -0.15) is 0 Å². The number of sulfonamides is 1. The summed E-state index contributed by atoms with van der Waals surface area (Å²) < 4.78 is 28.2. The van der Waals surface area contributed by atoms with Crippen molar-refractivity contribution in [2.24, 2.45) is 0 Å². The summed E-state index contributed by atoms with van der Waals surface area (Å²) in [5, 5.41) is 1.20. The molecule has 0 amide bonds. The third-order valence-corrected chi connectivity index (χ3v) is 6.24. The molecule has 1 aromatic heterocycles. The number of para-hydroxylation sites is 1. The van der Waals surface area contributed by atoms with Gasteiger partial charge >= 0.3 is 0 Å². The van der Waals surface area contributed by atoms with E-state index in [-0.39, 0.29) is 6.04 Å². The molecular formula is C19H20N2O2S. The molecule has 1 heterocycles. The maximum absolute atomic E-state index is 12.6. The fraction of sp³-hybridized carbons (Fsp3) is 0.263. The van der Waals surface area contributed by atoms with E-state index in [1.54, 1.807) is 18.2 Å². The van der Waals surface area contributed by atoms with Crippen molar-refractivity contribution < 1.29 is 8.42 Å². The molecule has 3 aromatic rings. The van der Waals surface area contributed by atoms with Crippen LogP contribution in [0.5, 0.6) is 0 Å². The van der Waals surface area contributed by atoms with E-state index < -0.39 is 10.0 Å². The van der Waals surface area contributed by atoms with Gasteiger partial charge in [0.15, 0.2) is 0 Å². The lowest BCUT2D eigenvalue weighted by Gasteiger charge is -2.23. The van der Waals surface area contributed by atoms with Crippen molar-refractivity contribution >= 4 is 20.9 Å². The van der Waals surface area contributed by atoms with Crippen LogP contribution in [0.2, 0.25) is 0 Å². The predicted molar refractivity (Wildman–Crippen MR) is 95.6 cm³/mol. The van der Waals surface area contributed by atoms with Gasteiger partial charge in [-0.1, -0.05) is 30.3 Å². The van der Waals surface area contributed by atoms with Crippen LogP contribution in [0.4, 0.5) is 0 Å². The molecule has 124 valence electrons. The van der Waals surface area contributed by atoms with E-state index in [1.165, 1.54) is 16.6 Å². The van der Waals surface area contributed by atoms with E-state index >= 15 is 0 Å². The monoisotopic (exact) mass is 340 g/mol. The number of nitrogens with one attached hydrogen (secondary N) is 2. The van der Waals surface area contributed by atoms with Gasteiger partial charge in [0, 0.05) is 22.6 Å². The summed E-state index contributed by atoms with van der Waals surface area (Å²) in [6.07, 6.45) is 2.40. The van der Waals surface area contributed by atoms with Crippen LogP contribution >= 0.6 is 0 Å². The van der Waals surface area contributed by atoms with Gasteiger partial charge in [-0.15, -0.1) is 0 Å². The zero-order chi connectivity index (χ0) is 16.7. The maximum atomic E-state index is 12.6. The van der Waals surface area contributed by atoms with Gasteiger partial charge in [0.1, 0.15) is 0 Å². The van der Waals surface area contributed by atoms with E-state index in [9.17, 15) is 8.42 Å². The van der Waals surface area contributed by atoms with Crippen LogP contribution in [-0.4, -0.2) is 19.4 Å². The molecule has 0 saturated carbocycles. The predicted octanol–water partition coefficient (Wildman–Crippen LogP) is 3.31. The molecule has 4 rings (SSSR count). The Bertz CT molecular complexity index is 1010. The summed E-state index contributed by atoms with van der Waals surface area (Å²) in [6.45, 7) is 1.90. The van der Waals surface area contributed by atoms with Crippen molar-refractivity contribution in [1.29, 1.82) is 0 Å². The Balaban J connectivity index is 1.61. The largest absolute Gasteiger partial charge is 0.358 e. The minimum atomic E-state index is -3.48. The Hall–Kier alpha value is -2.11. The van der Waals surface area contributed by atoms with Crippen LogP contribution in [0.25, 0.3) is 10.9 Å². The number of benzene rings is 2. The van der Waals surface area contributed by atoms with Crippen LogP contribution in [0.3, 0.4) is 0 Å². The second kappa shape index (κ2) is 5.76. The summed E-state index contributed by atoms with van der Waals surface area (Å²) in [5.74, 6) is 0. The smallest absolute Gasteiger partial charge is 0.240 e. The Kier molecular flexibility index (Phi) is 3.70. The SMILES string of the molecule is Cc1cccc(S(=O)(=O)NC2CCc3[nH]c4ccccc4c3C2)c1. The molecule has 2 N–H and O–H groups in total. The zero-order valence-corrected chi connectivity index (χ0v) is 14.4. The average molecular weight is 340 g/mol. The summed E-state index contributed by atoms with van der Waals surface area (Å²) >= 11 is 0. The van der Waals surface area contributed by atoms with Crippen LogP contribution < -0.4 is 4.72 Å². The Morgan fingerprint density at radius 1 is 1.12 bits per heavy atom. The molecule has 0 saturated heterocycles. The van der Waals surface area contributed by atoms with Crippen molar-refractivity contribution in [3.05, 3.63) is 65.4 Å². The van der Waals surface area contributed by atoms with Gasteiger partial charge in [0.25, 0.3) is 0 Å². The third-order valence-electron chi connectivity index (χ3n) is 4.72. The molecule has 0 radical (unpaired) electrons. The number of H-pyrrole nitrogens is 1. The van der Waals surface area contributed by atoms with Crippen LogP contribution in [0, 0.1) is 6.92 Å². The molecule has 4 nitrogen and oxygen atoms in total. The van der Waals surface area contributed by atoms with E-state index in [0.717, 1.165) is 30.3 Å². The first kappa shape index (κ1) is 15.4. The molecule has 1 unspecified atom stereocenters. The summed E-state index contributed by atoms with van der Waals surface area (Å²) in [7, 11) is -3.48. The quantitative estimate of drug-likeness (QED) is 0.768. The highest BCUT2D eigenvalue weighted by molar-refractivity contribution is 7.89. The zero-order valence-electron chi connectivity index (χ0n) is 13.5. The van der Waals surface area contributed by atoms with Gasteiger partial charge < -0.3 is 4.98 Å². The van der Waals surface area contributed by atoms with Crippen molar-refractivity contribution in [3.63, 3.8) is 0 Å². The molecule has 1 aliphatic carbocycles. The van der Waals surface area contributed by atoms with Crippen molar-refractivity contribution in [3.8, 4) is 0 Å². The summed E-state index contributed by atoms with van der Waals surface area (Å²) in [6, 6.07) is 15.2. The lowest BCUT2D eigenvalue weighted by atomic mass is 9.92. The highest BCUT2D eigenvalue weighted by Crippen LogP contribution is 2.29. The first-order valence-corrected chi connectivity index (χ1v) is 9.69. The van der Waals surface area contributed by atoms with Gasteiger partial charge in [-0.05, 0) is 55.5 Å². The molecule has 0 spiro atoms. The van der Waals surface area contributed by atoms with Crippen molar-refractivity contribution in [2.75, 3.05) is 0 Å². The topological polar surface area (TPSA) is 62.0 Å². The second-order valence-corrected chi connectivity index (χ2v) is 8.22. The number of rotatable bonds is 3. The minimum absolute atomic E-state index is 0.0674. The van der Waals surface area contributed by atoms with Crippen molar-refractivity contribution in [1.82, 2.24) is 9.71 Å². The fourth-order valence-electron chi connectivity index (χ4n) is 3.54. The van der Waals surface area contributed by atoms with Gasteiger partial charge in [-0.25, -0.2) is 13.1 Å². The number of hydrogen-bond acceptors (Lipinski definition) is 2. The maximum Gasteiger partial charge on any atom is 0.240 e. The van der Waals surface area contributed by atoms with Crippen LogP contribution in [0.15, 0.2) is 53.4 Å². The molecule has 0 aliphatic heterocycles. The number of aryl methyl sites for hydroxylation is 2. The fourth-order valence-corrected chi connectivity index (χ4v) is 4.91. The van der Waals surface area contributed by atoms with Gasteiger partial charge in [-0.3, -0.25) is 0 Å². The summed E-state index contributed by atoms with van der Waals surface area (Å²) in [4.78, 5) is 3.80. The number of aromatic amines is 1. The molecule has 1 atom stereocenters. The number of aromatic nitrogens is 1. The second-order valence-electron chi connectivity index (χ2n) is 6.51. The molecule has 5 heteroatoms. The van der Waals surface area contributed by atoms with E-state index in [2.05, 4.69) is 21.8 Å². The number of fused-ring (bicyclic) bond motifs is 3. The molecule has 24 heavy (non-hydrogen) atoms. The molecule has 1 aliphatic rings. The normalized spacial score (nSPS) is 17.8. The van der Waals surface area contributed by atoms with Crippen LogP contribution in [-0.2, 0) is 22.9 Å². The molecule has 0 fully saturated rings. The first-order valence-electron chi connectivity index (χ1n) is 8.20. The third kappa shape index (κ3) is 2.74. The molecule has 0 bridgehead atoms. The summed E-state index contributed by atoms with van der Waals surface area (Å²) in [5.41, 5.74) is 4.56. The Morgan fingerprint density at radius 2 is 1.96 bits per heavy atom.